The summed E-state index contributed by atoms with van der Waals surface area (Å²) in [6.07, 6.45) is 0. The molecule has 0 unspecified atom stereocenters. The maximum Gasteiger partial charge on any atom is 0.255 e. The molecule has 0 radical (unpaired) electrons. The van der Waals surface area contributed by atoms with E-state index < -0.39 is 14.6 Å². The van der Waals surface area contributed by atoms with Gasteiger partial charge in [0.2, 0.25) is 0 Å². The Hall–Kier alpha value is -2.34. The van der Waals surface area contributed by atoms with Crippen LogP contribution in [0.3, 0.4) is 0 Å². The minimum absolute atomic E-state index is 0.0709. The van der Waals surface area contributed by atoms with E-state index in [1.165, 1.54) is 0 Å². The highest BCUT2D eigenvalue weighted by molar-refractivity contribution is 7.91. The van der Waals surface area contributed by atoms with Crippen LogP contribution in [0, 0.1) is 0 Å². The molecular weight excluding hydrogens is 324 g/mol. The van der Waals surface area contributed by atoms with E-state index in [-0.39, 0.29) is 11.7 Å². The van der Waals surface area contributed by atoms with Crippen LogP contribution in [0.25, 0.3) is 0 Å². The van der Waals surface area contributed by atoms with E-state index >= 15 is 0 Å². The number of sulfone groups is 1. The molecule has 0 bridgehead atoms. The number of rotatable bonds is 4. The van der Waals surface area contributed by atoms with Crippen LogP contribution >= 0.6 is 0 Å². The number of carbonyl (C=O) groups is 1. The zero-order valence-electron chi connectivity index (χ0n) is 14.0. The normalized spacial score (nSPS) is 12.0. The quantitative estimate of drug-likeness (QED) is 0.832. The van der Waals surface area contributed by atoms with Gasteiger partial charge < -0.3 is 11.1 Å². The summed E-state index contributed by atoms with van der Waals surface area (Å²) in [5, 5.41) is 2.76. The summed E-state index contributed by atoms with van der Waals surface area (Å²) in [6.45, 7) is 5.02. The van der Waals surface area contributed by atoms with E-state index in [0.717, 1.165) is 0 Å². The van der Waals surface area contributed by atoms with Crippen LogP contribution in [0.2, 0.25) is 0 Å². The molecular formula is C18H22N2O3S. The maximum atomic E-state index is 12.3. The highest BCUT2D eigenvalue weighted by Crippen LogP contribution is 2.22. The van der Waals surface area contributed by atoms with Gasteiger partial charge in [0, 0.05) is 16.9 Å². The lowest BCUT2D eigenvalue weighted by molar-refractivity contribution is 0.102. The largest absolute Gasteiger partial charge is 0.399 e. The number of benzene rings is 2. The van der Waals surface area contributed by atoms with Crippen LogP contribution in [0.4, 0.5) is 11.4 Å². The first-order chi connectivity index (χ1) is 11.1. The van der Waals surface area contributed by atoms with E-state index in [9.17, 15) is 13.2 Å². The number of hydrogen-bond donors (Lipinski definition) is 2. The van der Waals surface area contributed by atoms with E-state index in [1.54, 1.807) is 69.3 Å². The third-order valence-corrected chi connectivity index (χ3v) is 6.20. The van der Waals surface area contributed by atoms with E-state index in [2.05, 4.69) is 5.32 Å². The first-order valence-electron chi connectivity index (χ1n) is 7.57. The van der Waals surface area contributed by atoms with Crippen LogP contribution in [-0.2, 0) is 15.6 Å². The van der Waals surface area contributed by atoms with Gasteiger partial charge in [-0.05, 0) is 56.7 Å². The first-order valence-corrected chi connectivity index (χ1v) is 9.22. The fourth-order valence-electron chi connectivity index (χ4n) is 2.06. The maximum absolute atomic E-state index is 12.3. The lowest BCUT2D eigenvalue weighted by atomic mass is 10.1. The number of nitrogens with two attached hydrogens (primary N) is 1. The molecule has 24 heavy (non-hydrogen) atoms. The fraction of sp³-hybridized carbons (Fsp3) is 0.278. The molecule has 0 heterocycles. The summed E-state index contributed by atoms with van der Waals surface area (Å²) in [6, 6.07) is 13.5. The van der Waals surface area contributed by atoms with Crippen molar-refractivity contribution in [3.05, 3.63) is 59.7 Å². The van der Waals surface area contributed by atoms with Gasteiger partial charge in [0.25, 0.3) is 5.91 Å². The summed E-state index contributed by atoms with van der Waals surface area (Å²) in [7, 11) is -3.28. The van der Waals surface area contributed by atoms with Crippen molar-refractivity contribution in [1.29, 1.82) is 0 Å². The Kier molecular flexibility index (Phi) is 4.99. The zero-order chi connectivity index (χ0) is 18.0. The van der Waals surface area contributed by atoms with E-state index in [4.69, 9.17) is 5.73 Å². The minimum atomic E-state index is -3.28. The number of carbonyl (C=O) groups excluding carboxylic acids is 1. The number of nitrogen functional groups attached to an aromatic ring is 1. The van der Waals surface area contributed by atoms with Gasteiger partial charge >= 0.3 is 0 Å². The molecule has 0 aliphatic rings. The van der Waals surface area contributed by atoms with Crippen molar-refractivity contribution in [1.82, 2.24) is 0 Å². The van der Waals surface area contributed by atoms with Gasteiger partial charge in [0.05, 0.1) is 10.5 Å². The van der Waals surface area contributed by atoms with Gasteiger partial charge in [-0.25, -0.2) is 8.42 Å². The minimum Gasteiger partial charge on any atom is -0.399 e. The molecule has 2 aromatic carbocycles. The number of anilines is 2. The predicted octanol–water partition coefficient (Wildman–Crippen LogP) is 3.23. The van der Waals surface area contributed by atoms with Crippen LogP contribution in [0.15, 0.2) is 48.5 Å². The van der Waals surface area contributed by atoms with Crippen LogP contribution in [0.5, 0.6) is 0 Å². The molecule has 0 aliphatic carbocycles. The summed E-state index contributed by atoms with van der Waals surface area (Å²) < 4.78 is 23.8. The first kappa shape index (κ1) is 18.0. The second-order valence-electron chi connectivity index (χ2n) is 6.65. The lowest BCUT2D eigenvalue weighted by Crippen LogP contribution is -2.29. The van der Waals surface area contributed by atoms with Crippen LogP contribution in [0.1, 0.15) is 36.7 Å². The summed E-state index contributed by atoms with van der Waals surface area (Å²) in [5.41, 5.74) is 7.81. The SMILES string of the molecule is CC(C)(C)S(=O)(=O)Cc1cccc(NC(=O)c2cccc(N)c2)c1. The second kappa shape index (κ2) is 6.65. The molecule has 0 aromatic heterocycles. The Labute approximate surface area is 142 Å². The van der Waals surface area contributed by atoms with Gasteiger partial charge in [0.15, 0.2) is 9.84 Å². The molecule has 128 valence electrons. The van der Waals surface area contributed by atoms with Crippen LogP contribution < -0.4 is 11.1 Å². The molecule has 1 amide bonds. The monoisotopic (exact) mass is 346 g/mol. The molecule has 2 aromatic rings. The number of hydrogen-bond acceptors (Lipinski definition) is 4. The molecule has 0 saturated carbocycles. The molecule has 2 rings (SSSR count). The van der Waals surface area contributed by atoms with Crippen LogP contribution in [-0.4, -0.2) is 19.1 Å². The van der Waals surface area contributed by atoms with Crippen molar-refractivity contribution in [3.8, 4) is 0 Å². The summed E-state index contributed by atoms with van der Waals surface area (Å²) in [4.78, 5) is 12.2. The number of nitrogens with one attached hydrogen (secondary N) is 1. The molecule has 0 fully saturated rings. The summed E-state index contributed by atoms with van der Waals surface area (Å²) >= 11 is 0. The van der Waals surface area contributed by atoms with Crippen molar-refractivity contribution in [3.63, 3.8) is 0 Å². The van der Waals surface area contributed by atoms with Gasteiger partial charge in [-0.1, -0.05) is 18.2 Å². The van der Waals surface area contributed by atoms with Gasteiger partial charge in [-0.3, -0.25) is 4.79 Å². The topological polar surface area (TPSA) is 89.3 Å². The third kappa shape index (κ3) is 4.35. The standard InChI is InChI=1S/C18H22N2O3S/c1-18(2,3)24(22,23)12-13-6-4-9-16(10-13)20-17(21)14-7-5-8-15(19)11-14/h4-11H,12,19H2,1-3H3,(H,20,21). The van der Waals surface area contributed by atoms with Gasteiger partial charge in [-0.15, -0.1) is 0 Å². The smallest absolute Gasteiger partial charge is 0.255 e. The summed E-state index contributed by atoms with van der Waals surface area (Å²) in [5.74, 6) is -0.364. The Morgan fingerprint density at radius 3 is 2.38 bits per heavy atom. The van der Waals surface area contributed by atoms with E-state index in [1.807, 2.05) is 0 Å². The average molecular weight is 346 g/mol. The Morgan fingerprint density at radius 1 is 1.08 bits per heavy atom. The molecule has 0 aliphatic heterocycles. The van der Waals surface area contributed by atoms with Crippen molar-refractivity contribution < 1.29 is 13.2 Å². The zero-order valence-corrected chi connectivity index (χ0v) is 14.9. The highest BCUT2D eigenvalue weighted by Gasteiger charge is 2.29. The molecule has 5 nitrogen and oxygen atoms in total. The van der Waals surface area contributed by atoms with Crippen molar-refractivity contribution >= 4 is 27.1 Å². The van der Waals surface area contributed by atoms with Gasteiger partial charge in [0.1, 0.15) is 0 Å². The molecule has 6 heteroatoms. The molecule has 0 spiro atoms. The second-order valence-corrected chi connectivity index (χ2v) is 9.39. The fourth-order valence-corrected chi connectivity index (χ4v) is 3.11. The van der Waals surface area contributed by atoms with Crippen molar-refractivity contribution in [2.24, 2.45) is 0 Å². The molecule has 3 N–H and O–H groups in total. The molecule has 0 atom stereocenters. The third-order valence-electron chi connectivity index (χ3n) is 3.62. The lowest BCUT2D eigenvalue weighted by Gasteiger charge is -2.19. The predicted molar refractivity (Wildman–Crippen MR) is 97.6 cm³/mol. The van der Waals surface area contributed by atoms with Crippen molar-refractivity contribution in [2.45, 2.75) is 31.3 Å². The Bertz CT molecular complexity index is 853. The highest BCUT2D eigenvalue weighted by atomic mass is 32.2. The van der Waals surface area contributed by atoms with Gasteiger partial charge in [-0.2, -0.15) is 0 Å². The molecule has 0 saturated heterocycles. The van der Waals surface area contributed by atoms with E-state index in [0.29, 0.717) is 22.5 Å². The average Bonchev–Trinajstić information content (AvgIpc) is 2.46. The Balaban J connectivity index is 2.18. The Morgan fingerprint density at radius 2 is 1.75 bits per heavy atom. The van der Waals surface area contributed by atoms with Crippen molar-refractivity contribution in [2.75, 3.05) is 11.1 Å². The number of amides is 1.